The highest BCUT2D eigenvalue weighted by Gasteiger charge is 2.31. The van der Waals surface area contributed by atoms with Gasteiger partial charge in [-0.15, -0.1) is 0 Å². The predicted molar refractivity (Wildman–Crippen MR) is 98.2 cm³/mol. The lowest BCUT2D eigenvalue weighted by Gasteiger charge is -2.26. The molecule has 0 bridgehead atoms. The van der Waals surface area contributed by atoms with Crippen LogP contribution in [0.5, 0.6) is 0 Å². The topological polar surface area (TPSA) is 85.4 Å². The van der Waals surface area contributed by atoms with Gasteiger partial charge in [-0.3, -0.25) is 14.9 Å². The summed E-state index contributed by atoms with van der Waals surface area (Å²) < 4.78 is 0. The number of nitrogens with zero attached hydrogens (tertiary/aromatic N) is 3. The van der Waals surface area contributed by atoms with Gasteiger partial charge in [0.05, 0.1) is 6.20 Å². The van der Waals surface area contributed by atoms with Crippen molar-refractivity contribution >= 4 is 11.9 Å². The van der Waals surface area contributed by atoms with Gasteiger partial charge in [-0.1, -0.05) is 19.3 Å². The van der Waals surface area contributed by atoms with Crippen LogP contribution in [0.4, 0.5) is 0 Å². The zero-order chi connectivity index (χ0) is 17.6. The van der Waals surface area contributed by atoms with E-state index in [1.807, 2.05) is 18.0 Å². The Kier molecular flexibility index (Phi) is 5.94. The molecule has 2 heterocycles. The number of likely N-dealkylation sites (tertiary alicyclic amines) is 1. The molecule has 138 valence electrons. The number of nitrogens with one attached hydrogen (secondary N) is 3. The number of amides is 1. The molecule has 7 heteroatoms. The molecule has 1 atom stereocenters. The Hall–Kier alpha value is -2.05. The van der Waals surface area contributed by atoms with E-state index in [0.29, 0.717) is 12.5 Å². The normalized spacial score (nSPS) is 22.2. The molecule has 3 rings (SSSR count). The fourth-order valence-corrected chi connectivity index (χ4v) is 3.81. The molecule has 1 saturated heterocycles. The summed E-state index contributed by atoms with van der Waals surface area (Å²) in [6.45, 7) is 4.32. The molecule has 2 fully saturated rings. The molecule has 2 aliphatic rings. The number of guanidine groups is 1. The Bertz CT molecular complexity index is 604. The molecule has 1 unspecified atom stereocenters. The zero-order valence-corrected chi connectivity index (χ0v) is 15.3. The van der Waals surface area contributed by atoms with Crippen molar-refractivity contribution in [1.29, 1.82) is 0 Å². The SMILES string of the molecule is CN=C(NCc1cn[nH]c1C)NC1CCN(C(=O)C2CCCCC2)C1. The average Bonchev–Trinajstić information content (AvgIpc) is 3.27. The van der Waals surface area contributed by atoms with Gasteiger partial charge in [0.15, 0.2) is 5.96 Å². The van der Waals surface area contributed by atoms with E-state index >= 15 is 0 Å². The zero-order valence-electron chi connectivity index (χ0n) is 15.3. The van der Waals surface area contributed by atoms with Crippen LogP contribution in [0.2, 0.25) is 0 Å². The fourth-order valence-electron chi connectivity index (χ4n) is 3.81. The highest BCUT2D eigenvalue weighted by molar-refractivity contribution is 5.81. The fraction of sp³-hybridized carbons (Fsp3) is 0.722. The van der Waals surface area contributed by atoms with E-state index in [2.05, 4.69) is 25.8 Å². The van der Waals surface area contributed by atoms with Crippen LogP contribution in [0.15, 0.2) is 11.2 Å². The number of carbonyl (C=O) groups is 1. The van der Waals surface area contributed by atoms with Crippen molar-refractivity contribution in [3.8, 4) is 0 Å². The lowest BCUT2D eigenvalue weighted by Crippen LogP contribution is -2.45. The maximum atomic E-state index is 12.7. The third kappa shape index (κ3) is 4.52. The van der Waals surface area contributed by atoms with Crippen molar-refractivity contribution in [3.05, 3.63) is 17.5 Å². The minimum atomic E-state index is 0.258. The van der Waals surface area contributed by atoms with Crippen LogP contribution in [0, 0.1) is 12.8 Å². The molecule has 0 aromatic carbocycles. The molecule has 1 saturated carbocycles. The summed E-state index contributed by atoms with van der Waals surface area (Å²) in [5.74, 6) is 1.40. The second-order valence-electron chi connectivity index (χ2n) is 7.20. The van der Waals surface area contributed by atoms with E-state index in [9.17, 15) is 4.79 Å². The number of hydrogen-bond acceptors (Lipinski definition) is 3. The molecule has 1 aliphatic carbocycles. The molecular weight excluding hydrogens is 316 g/mol. The molecule has 0 spiro atoms. The number of rotatable bonds is 4. The van der Waals surface area contributed by atoms with Gasteiger partial charge >= 0.3 is 0 Å². The molecule has 25 heavy (non-hydrogen) atoms. The Morgan fingerprint density at radius 1 is 1.36 bits per heavy atom. The van der Waals surface area contributed by atoms with Crippen LogP contribution < -0.4 is 10.6 Å². The Morgan fingerprint density at radius 2 is 2.16 bits per heavy atom. The summed E-state index contributed by atoms with van der Waals surface area (Å²) in [5.41, 5.74) is 2.19. The van der Waals surface area contributed by atoms with E-state index < -0.39 is 0 Å². The first kappa shape index (κ1) is 17.8. The van der Waals surface area contributed by atoms with Gasteiger partial charge in [0, 0.05) is 49.9 Å². The maximum Gasteiger partial charge on any atom is 0.225 e. The van der Waals surface area contributed by atoms with Crippen molar-refractivity contribution in [2.75, 3.05) is 20.1 Å². The van der Waals surface area contributed by atoms with Crippen LogP contribution in [-0.4, -0.2) is 53.1 Å². The highest BCUT2D eigenvalue weighted by atomic mass is 16.2. The van der Waals surface area contributed by atoms with Crippen molar-refractivity contribution in [3.63, 3.8) is 0 Å². The minimum Gasteiger partial charge on any atom is -0.352 e. The molecular formula is C18H30N6O. The van der Waals surface area contributed by atoms with Crippen LogP contribution >= 0.6 is 0 Å². The van der Waals surface area contributed by atoms with Crippen LogP contribution in [-0.2, 0) is 11.3 Å². The summed E-state index contributed by atoms with van der Waals surface area (Å²) in [6.07, 6.45) is 8.64. The molecule has 1 aliphatic heterocycles. The first-order valence-electron chi connectivity index (χ1n) is 9.42. The van der Waals surface area contributed by atoms with Gasteiger partial charge in [0.2, 0.25) is 5.91 Å². The van der Waals surface area contributed by atoms with E-state index in [0.717, 1.165) is 49.6 Å². The monoisotopic (exact) mass is 346 g/mol. The van der Waals surface area contributed by atoms with Gasteiger partial charge in [-0.05, 0) is 26.2 Å². The Labute approximate surface area is 149 Å². The first-order valence-corrected chi connectivity index (χ1v) is 9.42. The molecule has 1 amide bonds. The second kappa shape index (κ2) is 8.36. The van der Waals surface area contributed by atoms with E-state index in [4.69, 9.17) is 0 Å². The van der Waals surface area contributed by atoms with Crippen LogP contribution in [0.1, 0.15) is 49.8 Å². The number of carbonyl (C=O) groups excluding carboxylic acids is 1. The number of aryl methyl sites for hydroxylation is 1. The number of hydrogen-bond donors (Lipinski definition) is 3. The standard InChI is InChI=1S/C18H30N6O/c1-13-15(11-21-23-13)10-20-18(19-2)22-16-8-9-24(12-16)17(25)14-6-4-3-5-7-14/h11,14,16H,3-10,12H2,1-2H3,(H,21,23)(H2,19,20,22). The number of aromatic amines is 1. The maximum absolute atomic E-state index is 12.7. The summed E-state index contributed by atoms with van der Waals surface area (Å²) in [7, 11) is 1.78. The van der Waals surface area contributed by atoms with E-state index in [-0.39, 0.29) is 12.0 Å². The largest absolute Gasteiger partial charge is 0.352 e. The number of aliphatic imine (C=N–C) groups is 1. The third-order valence-electron chi connectivity index (χ3n) is 5.40. The lowest BCUT2D eigenvalue weighted by molar-refractivity contribution is -0.135. The molecule has 0 radical (unpaired) electrons. The van der Waals surface area contributed by atoms with E-state index in [1.165, 1.54) is 19.3 Å². The third-order valence-corrected chi connectivity index (χ3v) is 5.40. The van der Waals surface area contributed by atoms with Gasteiger partial charge in [-0.2, -0.15) is 5.10 Å². The van der Waals surface area contributed by atoms with Crippen molar-refractivity contribution in [1.82, 2.24) is 25.7 Å². The highest BCUT2D eigenvalue weighted by Crippen LogP contribution is 2.26. The van der Waals surface area contributed by atoms with Gasteiger partial charge in [0.25, 0.3) is 0 Å². The van der Waals surface area contributed by atoms with Gasteiger partial charge in [-0.25, -0.2) is 0 Å². The Balaban J connectivity index is 1.46. The van der Waals surface area contributed by atoms with Crippen LogP contribution in [0.25, 0.3) is 0 Å². The lowest BCUT2D eigenvalue weighted by atomic mass is 9.88. The summed E-state index contributed by atoms with van der Waals surface area (Å²) >= 11 is 0. The minimum absolute atomic E-state index is 0.258. The second-order valence-corrected chi connectivity index (χ2v) is 7.20. The predicted octanol–water partition coefficient (Wildman–Crippen LogP) is 1.56. The smallest absolute Gasteiger partial charge is 0.225 e. The quantitative estimate of drug-likeness (QED) is 0.571. The molecule has 1 aromatic rings. The summed E-state index contributed by atoms with van der Waals surface area (Å²) in [6, 6.07) is 0.268. The van der Waals surface area contributed by atoms with Crippen LogP contribution in [0.3, 0.4) is 0 Å². The number of aromatic nitrogens is 2. The van der Waals surface area contributed by atoms with Crippen molar-refractivity contribution < 1.29 is 4.79 Å². The summed E-state index contributed by atoms with van der Waals surface area (Å²) in [5, 5.41) is 13.7. The molecule has 7 nitrogen and oxygen atoms in total. The first-order chi connectivity index (χ1) is 12.2. The number of H-pyrrole nitrogens is 1. The van der Waals surface area contributed by atoms with Crippen molar-refractivity contribution in [2.45, 2.75) is 58.0 Å². The van der Waals surface area contributed by atoms with Gasteiger partial charge < -0.3 is 15.5 Å². The van der Waals surface area contributed by atoms with E-state index in [1.54, 1.807) is 7.05 Å². The molecule has 3 N–H and O–H groups in total. The molecule has 1 aromatic heterocycles. The Morgan fingerprint density at radius 3 is 2.84 bits per heavy atom. The average molecular weight is 346 g/mol. The summed E-state index contributed by atoms with van der Waals surface area (Å²) in [4.78, 5) is 19.0. The van der Waals surface area contributed by atoms with Crippen molar-refractivity contribution in [2.24, 2.45) is 10.9 Å². The van der Waals surface area contributed by atoms with Gasteiger partial charge in [0.1, 0.15) is 0 Å².